The summed E-state index contributed by atoms with van der Waals surface area (Å²) < 4.78 is 40.1. The molecule has 1 rings (SSSR count). The van der Waals surface area contributed by atoms with Crippen LogP contribution in [0.4, 0.5) is 4.39 Å². The molecule has 0 aliphatic carbocycles. The van der Waals surface area contributed by atoms with E-state index in [1.54, 1.807) is 6.92 Å². The third kappa shape index (κ3) is 3.24. The Labute approximate surface area is 106 Å². The van der Waals surface area contributed by atoms with E-state index in [1.807, 2.05) is 0 Å². The molecule has 0 heterocycles. The smallest absolute Gasteiger partial charge is 0.339 e. The van der Waals surface area contributed by atoms with Gasteiger partial charge in [-0.2, -0.15) is 0 Å². The summed E-state index contributed by atoms with van der Waals surface area (Å²) in [4.78, 5) is 10.9. The summed E-state index contributed by atoms with van der Waals surface area (Å²) in [6.07, 6.45) is 0. The molecule has 1 aromatic rings. The maximum Gasteiger partial charge on any atom is 0.339 e. The maximum atomic E-state index is 13.2. The van der Waals surface area contributed by atoms with Crippen molar-refractivity contribution in [3.63, 3.8) is 0 Å². The first-order valence-electron chi connectivity index (χ1n) is 4.46. The predicted molar refractivity (Wildman–Crippen MR) is 61.4 cm³/mol. The van der Waals surface area contributed by atoms with E-state index in [4.69, 9.17) is 5.14 Å². The van der Waals surface area contributed by atoms with Crippen molar-refractivity contribution in [3.05, 3.63) is 28.0 Å². The number of hydrogen-bond acceptors (Lipinski definition) is 4. The van der Waals surface area contributed by atoms with Gasteiger partial charge in [0, 0.05) is 0 Å². The van der Waals surface area contributed by atoms with Crippen LogP contribution in [-0.4, -0.2) is 21.0 Å². The van der Waals surface area contributed by atoms with Gasteiger partial charge >= 0.3 is 5.97 Å². The molecule has 5 nitrogen and oxygen atoms in total. The van der Waals surface area contributed by atoms with Crippen LogP contribution in [0.25, 0.3) is 0 Å². The Balaban J connectivity index is 3.44. The van der Waals surface area contributed by atoms with E-state index in [0.717, 1.165) is 12.1 Å². The second-order valence-corrected chi connectivity index (χ2v) is 5.35. The van der Waals surface area contributed by atoms with Gasteiger partial charge in [0.1, 0.15) is 5.82 Å². The SMILES string of the molecule is CCOC(=O)c1cc(F)cc(S(N)(=O)=O)c1Br. The number of primary sulfonamides is 1. The van der Waals surface area contributed by atoms with Crippen molar-refractivity contribution in [2.75, 3.05) is 6.61 Å². The summed E-state index contributed by atoms with van der Waals surface area (Å²) in [7, 11) is -4.12. The van der Waals surface area contributed by atoms with Crippen molar-refractivity contribution in [2.45, 2.75) is 11.8 Å². The van der Waals surface area contributed by atoms with Crippen LogP contribution >= 0.6 is 15.9 Å². The second kappa shape index (κ2) is 5.11. The van der Waals surface area contributed by atoms with Gasteiger partial charge in [-0.05, 0) is 35.0 Å². The number of ether oxygens (including phenoxy) is 1. The van der Waals surface area contributed by atoms with Crippen molar-refractivity contribution in [2.24, 2.45) is 5.14 Å². The van der Waals surface area contributed by atoms with E-state index >= 15 is 0 Å². The Morgan fingerprint density at radius 2 is 2.12 bits per heavy atom. The molecule has 0 saturated heterocycles. The van der Waals surface area contributed by atoms with Gasteiger partial charge in [-0.3, -0.25) is 0 Å². The zero-order chi connectivity index (χ0) is 13.2. The molecule has 94 valence electrons. The monoisotopic (exact) mass is 325 g/mol. The van der Waals surface area contributed by atoms with Gasteiger partial charge in [-0.1, -0.05) is 0 Å². The van der Waals surface area contributed by atoms with Gasteiger partial charge in [0.15, 0.2) is 0 Å². The normalized spacial score (nSPS) is 11.3. The lowest BCUT2D eigenvalue weighted by Gasteiger charge is -2.08. The molecule has 8 heteroatoms. The van der Waals surface area contributed by atoms with Crippen LogP contribution in [0, 0.1) is 5.82 Å². The van der Waals surface area contributed by atoms with E-state index in [2.05, 4.69) is 20.7 Å². The largest absolute Gasteiger partial charge is 0.462 e. The molecule has 0 saturated carbocycles. The Kier molecular flexibility index (Phi) is 4.23. The molecule has 0 atom stereocenters. The molecule has 0 aromatic heterocycles. The van der Waals surface area contributed by atoms with Crippen LogP contribution in [0.2, 0.25) is 0 Å². The fraction of sp³-hybridized carbons (Fsp3) is 0.222. The molecule has 0 fully saturated rings. The molecule has 0 amide bonds. The van der Waals surface area contributed by atoms with Gasteiger partial charge in [-0.25, -0.2) is 22.7 Å². The first kappa shape index (κ1) is 14.1. The number of benzene rings is 1. The molecule has 0 spiro atoms. The quantitative estimate of drug-likeness (QED) is 0.851. The van der Waals surface area contributed by atoms with Gasteiger partial charge in [0.05, 0.1) is 21.5 Å². The number of rotatable bonds is 3. The number of nitrogens with two attached hydrogens (primary N) is 1. The predicted octanol–water partition coefficient (Wildman–Crippen LogP) is 1.41. The fourth-order valence-electron chi connectivity index (χ4n) is 1.13. The topological polar surface area (TPSA) is 86.5 Å². The Morgan fingerprint density at radius 3 is 2.59 bits per heavy atom. The van der Waals surface area contributed by atoms with E-state index in [1.165, 1.54) is 0 Å². The number of halogens is 2. The van der Waals surface area contributed by atoms with Gasteiger partial charge in [0.2, 0.25) is 10.0 Å². The molecular formula is C9H9BrFNO4S. The number of hydrogen-bond donors (Lipinski definition) is 1. The third-order valence-electron chi connectivity index (χ3n) is 1.81. The van der Waals surface area contributed by atoms with Crippen molar-refractivity contribution in [1.82, 2.24) is 0 Å². The minimum absolute atomic E-state index is 0.0898. The van der Waals surface area contributed by atoms with Crippen molar-refractivity contribution in [1.29, 1.82) is 0 Å². The Morgan fingerprint density at radius 1 is 1.53 bits per heavy atom. The summed E-state index contributed by atoms with van der Waals surface area (Å²) in [5, 5.41) is 4.89. The van der Waals surface area contributed by atoms with E-state index in [9.17, 15) is 17.6 Å². The number of carbonyl (C=O) groups excluding carboxylic acids is 1. The molecule has 0 radical (unpaired) electrons. The molecule has 0 aliphatic rings. The van der Waals surface area contributed by atoms with E-state index in [-0.39, 0.29) is 16.6 Å². The summed E-state index contributed by atoms with van der Waals surface area (Å²) in [6.45, 7) is 1.66. The van der Waals surface area contributed by atoms with Gasteiger partial charge in [-0.15, -0.1) is 0 Å². The van der Waals surface area contributed by atoms with Crippen LogP contribution in [-0.2, 0) is 14.8 Å². The molecule has 0 aliphatic heterocycles. The lowest BCUT2D eigenvalue weighted by atomic mass is 10.2. The average Bonchev–Trinajstić information content (AvgIpc) is 2.19. The number of sulfonamides is 1. The number of carbonyl (C=O) groups is 1. The molecular weight excluding hydrogens is 317 g/mol. The van der Waals surface area contributed by atoms with Crippen LogP contribution in [0.3, 0.4) is 0 Å². The zero-order valence-electron chi connectivity index (χ0n) is 8.74. The van der Waals surface area contributed by atoms with E-state index in [0.29, 0.717) is 0 Å². The maximum absolute atomic E-state index is 13.2. The Hall–Kier alpha value is -0.990. The highest BCUT2D eigenvalue weighted by Crippen LogP contribution is 2.27. The molecule has 0 bridgehead atoms. The average molecular weight is 326 g/mol. The summed E-state index contributed by atoms with van der Waals surface area (Å²) in [5.74, 6) is -1.72. The van der Waals surface area contributed by atoms with Crippen LogP contribution < -0.4 is 5.14 Å². The minimum Gasteiger partial charge on any atom is -0.462 e. The van der Waals surface area contributed by atoms with E-state index < -0.39 is 26.7 Å². The van der Waals surface area contributed by atoms with Crippen LogP contribution in [0.15, 0.2) is 21.5 Å². The van der Waals surface area contributed by atoms with Gasteiger partial charge < -0.3 is 4.74 Å². The summed E-state index contributed by atoms with van der Waals surface area (Å²) >= 11 is 2.90. The summed E-state index contributed by atoms with van der Waals surface area (Å²) in [5.41, 5.74) is -0.226. The van der Waals surface area contributed by atoms with Crippen LogP contribution in [0.5, 0.6) is 0 Å². The molecule has 17 heavy (non-hydrogen) atoms. The highest BCUT2D eigenvalue weighted by atomic mass is 79.9. The number of esters is 1. The molecule has 0 unspecified atom stereocenters. The lowest BCUT2D eigenvalue weighted by Crippen LogP contribution is -2.16. The van der Waals surface area contributed by atoms with Crippen molar-refractivity contribution in [3.8, 4) is 0 Å². The molecule has 1 aromatic carbocycles. The first-order chi connectivity index (χ1) is 7.77. The van der Waals surface area contributed by atoms with Crippen molar-refractivity contribution >= 4 is 31.9 Å². The first-order valence-corrected chi connectivity index (χ1v) is 6.80. The molecule has 2 N–H and O–H groups in total. The summed E-state index contributed by atoms with van der Waals surface area (Å²) in [6, 6.07) is 1.60. The highest BCUT2D eigenvalue weighted by molar-refractivity contribution is 9.10. The highest BCUT2D eigenvalue weighted by Gasteiger charge is 2.21. The van der Waals surface area contributed by atoms with Crippen molar-refractivity contribution < 1.29 is 22.3 Å². The zero-order valence-corrected chi connectivity index (χ0v) is 11.1. The second-order valence-electron chi connectivity index (χ2n) is 3.03. The van der Waals surface area contributed by atoms with Gasteiger partial charge in [0.25, 0.3) is 0 Å². The Bertz CT molecular complexity index is 558. The third-order valence-corrected chi connectivity index (χ3v) is 3.86. The lowest BCUT2D eigenvalue weighted by molar-refractivity contribution is 0.0524. The van der Waals surface area contributed by atoms with Crippen LogP contribution in [0.1, 0.15) is 17.3 Å². The standard InChI is InChI=1S/C9H9BrFNO4S/c1-2-16-9(13)6-3-5(11)4-7(8(6)10)17(12,14)15/h3-4H,2H2,1H3,(H2,12,14,15). The minimum atomic E-state index is -4.12. The fourth-order valence-corrected chi connectivity index (χ4v) is 2.83.